The Bertz CT molecular complexity index is 360. The minimum Gasteiger partial charge on any atom is -0.337 e. The number of hydrogen-bond donors (Lipinski definition) is 2. The highest BCUT2D eigenvalue weighted by atomic mass is 16.2. The molecule has 90 valence electrons. The molecule has 1 amide bonds. The van der Waals surface area contributed by atoms with E-state index in [2.05, 4.69) is 15.2 Å². The van der Waals surface area contributed by atoms with Gasteiger partial charge < -0.3 is 10.6 Å². The van der Waals surface area contributed by atoms with Crippen molar-refractivity contribution in [3.05, 3.63) is 11.6 Å². The monoisotopic (exact) mass is 225 g/mol. The molecule has 0 unspecified atom stereocenters. The van der Waals surface area contributed by atoms with Crippen molar-refractivity contribution in [2.75, 3.05) is 7.05 Å². The molecule has 0 saturated carbocycles. The summed E-state index contributed by atoms with van der Waals surface area (Å²) in [7, 11) is 1.70. The lowest BCUT2D eigenvalue weighted by Crippen LogP contribution is -2.44. The van der Waals surface area contributed by atoms with Gasteiger partial charge >= 0.3 is 0 Å². The van der Waals surface area contributed by atoms with E-state index in [1.54, 1.807) is 11.9 Å². The number of aromatic nitrogens is 3. The van der Waals surface area contributed by atoms with Gasteiger partial charge in [0, 0.05) is 7.05 Å². The standard InChI is InChI=1S/C10H19N5O/c1-6(2)9(11)10(16)15(4)5-8-12-7(3)13-14-8/h6,9H,5,11H2,1-4H3,(H,12,13,14)/t9-/m0/s1. The number of hydrogen-bond acceptors (Lipinski definition) is 4. The summed E-state index contributed by atoms with van der Waals surface area (Å²) in [5, 5.41) is 6.71. The second kappa shape index (κ2) is 5.07. The zero-order valence-electron chi connectivity index (χ0n) is 10.2. The quantitative estimate of drug-likeness (QED) is 0.758. The van der Waals surface area contributed by atoms with Gasteiger partial charge in [-0.25, -0.2) is 4.98 Å². The molecule has 6 heteroatoms. The molecular formula is C10H19N5O. The Morgan fingerprint density at radius 3 is 2.62 bits per heavy atom. The molecule has 6 nitrogen and oxygen atoms in total. The second-order valence-corrected chi connectivity index (χ2v) is 4.30. The Morgan fingerprint density at radius 1 is 1.56 bits per heavy atom. The molecule has 0 radical (unpaired) electrons. The van der Waals surface area contributed by atoms with Crippen molar-refractivity contribution in [1.29, 1.82) is 0 Å². The van der Waals surface area contributed by atoms with Gasteiger partial charge in [0.25, 0.3) is 0 Å². The fourth-order valence-corrected chi connectivity index (χ4v) is 1.29. The van der Waals surface area contributed by atoms with Gasteiger partial charge in [-0.2, -0.15) is 5.10 Å². The molecule has 0 bridgehead atoms. The maximum absolute atomic E-state index is 11.8. The summed E-state index contributed by atoms with van der Waals surface area (Å²) in [4.78, 5) is 17.5. The molecule has 0 fully saturated rings. The molecule has 0 aliphatic heterocycles. The molecule has 0 aliphatic carbocycles. The summed E-state index contributed by atoms with van der Waals surface area (Å²) in [5.41, 5.74) is 5.78. The van der Waals surface area contributed by atoms with Gasteiger partial charge in [0.15, 0.2) is 5.82 Å². The number of aromatic amines is 1. The van der Waals surface area contributed by atoms with Gasteiger partial charge in [-0.3, -0.25) is 9.89 Å². The highest BCUT2D eigenvalue weighted by Gasteiger charge is 2.21. The number of likely N-dealkylation sites (N-methyl/N-ethyl adjacent to an activating group) is 1. The Morgan fingerprint density at radius 2 is 2.19 bits per heavy atom. The SMILES string of the molecule is Cc1nc(CN(C)C(=O)[C@@H](N)C(C)C)n[nH]1. The van der Waals surface area contributed by atoms with Gasteiger partial charge in [0.05, 0.1) is 12.6 Å². The van der Waals surface area contributed by atoms with Crippen molar-refractivity contribution in [3.8, 4) is 0 Å². The molecule has 1 aromatic rings. The van der Waals surface area contributed by atoms with Crippen LogP contribution in [0.1, 0.15) is 25.5 Å². The smallest absolute Gasteiger partial charge is 0.239 e. The summed E-state index contributed by atoms with van der Waals surface area (Å²) in [6.45, 7) is 6.04. The third-order valence-electron chi connectivity index (χ3n) is 2.40. The van der Waals surface area contributed by atoms with Crippen LogP contribution < -0.4 is 5.73 Å². The molecule has 1 heterocycles. The van der Waals surface area contributed by atoms with Crippen LogP contribution in [-0.2, 0) is 11.3 Å². The van der Waals surface area contributed by atoms with Crippen LogP contribution in [-0.4, -0.2) is 39.1 Å². The molecule has 3 N–H and O–H groups in total. The zero-order valence-corrected chi connectivity index (χ0v) is 10.2. The number of nitrogens with zero attached hydrogens (tertiary/aromatic N) is 3. The predicted octanol–water partition coefficient (Wildman–Crippen LogP) is 0.0548. The van der Waals surface area contributed by atoms with Crippen LogP contribution in [0.5, 0.6) is 0 Å². The van der Waals surface area contributed by atoms with E-state index in [4.69, 9.17) is 5.73 Å². The first-order valence-electron chi connectivity index (χ1n) is 5.30. The fraction of sp³-hybridized carbons (Fsp3) is 0.700. The lowest BCUT2D eigenvalue weighted by molar-refractivity contribution is -0.132. The molecule has 1 aromatic heterocycles. The number of nitrogens with two attached hydrogens (primary N) is 1. The average Bonchev–Trinajstić information content (AvgIpc) is 2.61. The maximum Gasteiger partial charge on any atom is 0.239 e. The minimum atomic E-state index is -0.468. The fourth-order valence-electron chi connectivity index (χ4n) is 1.29. The van der Waals surface area contributed by atoms with Crippen LogP contribution in [0.15, 0.2) is 0 Å². The van der Waals surface area contributed by atoms with Crippen LogP contribution in [0.2, 0.25) is 0 Å². The number of nitrogens with one attached hydrogen (secondary N) is 1. The number of carbonyl (C=O) groups excluding carboxylic acids is 1. The molecular weight excluding hydrogens is 206 g/mol. The van der Waals surface area contributed by atoms with Crippen molar-refractivity contribution in [3.63, 3.8) is 0 Å². The lowest BCUT2D eigenvalue weighted by Gasteiger charge is -2.22. The Balaban J connectivity index is 2.58. The van der Waals surface area contributed by atoms with Gasteiger partial charge in [-0.15, -0.1) is 0 Å². The van der Waals surface area contributed by atoms with Gasteiger partial charge in [0.2, 0.25) is 5.91 Å². The highest BCUT2D eigenvalue weighted by molar-refractivity contribution is 5.81. The number of H-pyrrole nitrogens is 1. The summed E-state index contributed by atoms with van der Waals surface area (Å²) in [6, 6.07) is -0.468. The minimum absolute atomic E-state index is 0.0857. The third-order valence-corrected chi connectivity index (χ3v) is 2.40. The Hall–Kier alpha value is -1.43. The molecule has 1 atom stereocenters. The summed E-state index contributed by atoms with van der Waals surface area (Å²) >= 11 is 0. The van der Waals surface area contributed by atoms with Crippen LogP contribution >= 0.6 is 0 Å². The predicted molar refractivity (Wildman–Crippen MR) is 60.4 cm³/mol. The van der Waals surface area contributed by atoms with Gasteiger partial charge in [-0.05, 0) is 12.8 Å². The highest BCUT2D eigenvalue weighted by Crippen LogP contribution is 2.04. The average molecular weight is 225 g/mol. The van der Waals surface area contributed by atoms with Crippen molar-refractivity contribution >= 4 is 5.91 Å². The van der Waals surface area contributed by atoms with Crippen molar-refractivity contribution in [1.82, 2.24) is 20.1 Å². The van der Waals surface area contributed by atoms with Crippen LogP contribution in [0.4, 0.5) is 0 Å². The van der Waals surface area contributed by atoms with Crippen LogP contribution in [0.3, 0.4) is 0 Å². The van der Waals surface area contributed by atoms with E-state index < -0.39 is 6.04 Å². The number of aryl methyl sites for hydroxylation is 1. The third kappa shape index (κ3) is 3.03. The van der Waals surface area contributed by atoms with Gasteiger partial charge in [-0.1, -0.05) is 13.8 Å². The molecule has 0 aromatic carbocycles. The summed E-state index contributed by atoms with van der Waals surface area (Å²) in [6.07, 6.45) is 0. The van der Waals surface area contributed by atoms with Crippen molar-refractivity contribution < 1.29 is 4.79 Å². The van der Waals surface area contributed by atoms with Crippen molar-refractivity contribution in [2.24, 2.45) is 11.7 Å². The summed E-state index contributed by atoms with van der Waals surface area (Å²) in [5.74, 6) is 1.38. The first-order chi connectivity index (χ1) is 7.41. The van der Waals surface area contributed by atoms with Crippen LogP contribution in [0.25, 0.3) is 0 Å². The van der Waals surface area contributed by atoms with E-state index >= 15 is 0 Å². The number of carbonyl (C=O) groups is 1. The number of amides is 1. The second-order valence-electron chi connectivity index (χ2n) is 4.30. The summed E-state index contributed by atoms with van der Waals surface area (Å²) < 4.78 is 0. The van der Waals surface area contributed by atoms with Crippen LogP contribution in [0, 0.1) is 12.8 Å². The largest absolute Gasteiger partial charge is 0.337 e. The van der Waals surface area contributed by atoms with E-state index in [0.29, 0.717) is 12.4 Å². The molecule has 0 saturated heterocycles. The lowest BCUT2D eigenvalue weighted by atomic mass is 10.0. The van der Waals surface area contributed by atoms with E-state index in [-0.39, 0.29) is 11.8 Å². The molecule has 0 aliphatic rings. The maximum atomic E-state index is 11.8. The Kier molecular flexibility index (Phi) is 4.00. The van der Waals surface area contributed by atoms with E-state index in [1.807, 2.05) is 20.8 Å². The zero-order chi connectivity index (χ0) is 12.3. The normalized spacial score (nSPS) is 12.9. The van der Waals surface area contributed by atoms with E-state index in [1.165, 1.54) is 0 Å². The van der Waals surface area contributed by atoms with E-state index in [0.717, 1.165) is 5.82 Å². The number of rotatable bonds is 4. The van der Waals surface area contributed by atoms with Gasteiger partial charge in [0.1, 0.15) is 5.82 Å². The topological polar surface area (TPSA) is 87.9 Å². The van der Waals surface area contributed by atoms with E-state index in [9.17, 15) is 4.79 Å². The molecule has 16 heavy (non-hydrogen) atoms. The molecule has 0 spiro atoms. The first-order valence-corrected chi connectivity index (χ1v) is 5.30. The first kappa shape index (κ1) is 12.6. The molecule has 1 rings (SSSR count). The Labute approximate surface area is 95.2 Å². The van der Waals surface area contributed by atoms with Crippen molar-refractivity contribution in [2.45, 2.75) is 33.4 Å².